The molecule has 1 aliphatic rings. The highest BCUT2D eigenvalue weighted by Crippen LogP contribution is 2.20. The Bertz CT molecular complexity index is 1710. The second-order valence-corrected chi connectivity index (χ2v) is 10.8. The Balaban J connectivity index is 1.15. The minimum absolute atomic E-state index is 0.00644. The van der Waals surface area contributed by atoms with E-state index in [1.165, 1.54) is 5.56 Å². The first kappa shape index (κ1) is 26.2. The maximum atomic E-state index is 13.5. The van der Waals surface area contributed by atoms with E-state index in [9.17, 15) is 9.59 Å². The molecule has 0 aliphatic carbocycles. The fraction of sp³-hybridized carbons (Fsp3) is 0.290. The molecular weight excluding hydrogens is 524 g/mol. The lowest BCUT2D eigenvalue weighted by molar-refractivity contribution is -0.122. The number of nitrogens with one attached hydrogen (secondary N) is 1. The average molecular weight is 555 g/mol. The molecule has 3 heterocycles. The van der Waals surface area contributed by atoms with E-state index in [1.807, 2.05) is 46.9 Å². The van der Waals surface area contributed by atoms with Crippen molar-refractivity contribution in [2.24, 2.45) is 0 Å². The van der Waals surface area contributed by atoms with Crippen LogP contribution in [0.25, 0.3) is 16.7 Å². The first-order valence-electron chi connectivity index (χ1n) is 13.7. The minimum Gasteiger partial charge on any atom is -0.353 e. The normalized spacial score (nSPS) is 14.6. The number of aryl methyl sites for hydroxylation is 1. The van der Waals surface area contributed by atoms with E-state index in [-0.39, 0.29) is 24.1 Å². The highest BCUT2D eigenvalue weighted by Gasteiger charge is 2.22. The zero-order valence-corrected chi connectivity index (χ0v) is 22.9. The fourth-order valence-corrected chi connectivity index (χ4v) is 5.71. The summed E-state index contributed by atoms with van der Waals surface area (Å²) < 4.78 is 3.49. The van der Waals surface area contributed by atoms with Crippen molar-refractivity contribution in [2.75, 3.05) is 13.1 Å². The predicted molar refractivity (Wildman–Crippen MR) is 157 cm³/mol. The molecule has 9 heteroatoms. The molecule has 8 nitrogen and oxygen atoms in total. The van der Waals surface area contributed by atoms with Crippen molar-refractivity contribution in [3.63, 3.8) is 0 Å². The number of hydrogen-bond donors (Lipinski definition) is 1. The van der Waals surface area contributed by atoms with Gasteiger partial charge >= 0.3 is 0 Å². The molecule has 2 aromatic heterocycles. The highest BCUT2D eigenvalue weighted by molar-refractivity contribution is 6.31. The van der Waals surface area contributed by atoms with Crippen LogP contribution in [0.5, 0.6) is 0 Å². The molecule has 0 bridgehead atoms. The number of likely N-dealkylation sites (tertiary alicyclic amines) is 1. The number of piperidine rings is 1. The topological polar surface area (TPSA) is 84.5 Å². The van der Waals surface area contributed by atoms with Crippen molar-refractivity contribution in [3.8, 4) is 0 Å². The van der Waals surface area contributed by atoms with Crippen molar-refractivity contribution >= 4 is 34.2 Å². The maximum absolute atomic E-state index is 13.5. The van der Waals surface area contributed by atoms with Crippen LogP contribution in [0.15, 0.2) is 83.7 Å². The number of fused-ring (bicyclic) bond motifs is 3. The molecular formula is C31H31ClN6O2. The number of aromatic nitrogens is 4. The van der Waals surface area contributed by atoms with E-state index in [2.05, 4.69) is 44.7 Å². The van der Waals surface area contributed by atoms with Crippen molar-refractivity contribution in [3.05, 3.63) is 111 Å². The van der Waals surface area contributed by atoms with Gasteiger partial charge in [-0.1, -0.05) is 72.3 Å². The summed E-state index contributed by atoms with van der Waals surface area (Å²) in [6.45, 7) is 3.14. The molecule has 204 valence electrons. The van der Waals surface area contributed by atoms with Crippen molar-refractivity contribution in [1.29, 1.82) is 0 Å². The van der Waals surface area contributed by atoms with E-state index in [4.69, 9.17) is 11.6 Å². The third-order valence-electron chi connectivity index (χ3n) is 7.64. The first-order valence-corrected chi connectivity index (χ1v) is 14.1. The summed E-state index contributed by atoms with van der Waals surface area (Å²) in [4.78, 5) is 28.8. The summed E-state index contributed by atoms with van der Waals surface area (Å²) in [6, 6.07) is 25.6. The molecule has 1 amide bonds. The van der Waals surface area contributed by atoms with Gasteiger partial charge in [0.05, 0.1) is 17.4 Å². The summed E-state index contributed by atoms with van der Waals surface area (Å²) in [7, 11) is 0. The van der Waals surface area contributed by atoms with Gasteiger partial charge in [-0.25, -0.2) is 0 Å². The first-order chi connectivity index (χ1) is 19.6. The van der Waals surface area contributed by atoms with Crippen LogP contribution in [-0.4, -0.2) is 49.1 Å². The number of carbonyl (C=O) groups is 1. The van der Waals surface area contributed by atoms with E-state index >= 15 is 0 Å². The van der Waals surface area contributed by atoms with E-state index in [0.29, 0.717) is 34.9 Å². The minimum atomic E-state index is -0.154. The summed E-state index contributed by atoms with van der Waals surface area (Å²) in [5.41, 5.74) is 2.71. The predicted octanol–water partition coefficient (Wildman–Crippen LogP) is 4.46. The zero-order valence-electron chi connectivity index (χ0n) is 22.2. The van der Waals surface area contributed by atoms with Gasteiger partial charge in [0, 0.05) is 43.5 Å². The summed E-state index contributed by atoms with van der Waals surface area (Å²) >= 11 is 6.40. The molecule has 0 spiro atoms. The number of benzene rings is 3. The van der Waals surface area contributed by atoms with Crippen LogP contribution < -0.4 is 10.9 Å². The zero-order chi connectivity index (χ0) is 27.5. The molecule has 1 aliphatic heterocycles. The van der Waals surface area contributed by atoms with Crippen LogP contribution in [-0.2, 0) is 24.3 Å². The van der Waals surface area contributed by atoms with Crippen LogP contribution in [0.1, 0.15) is 36.2 Å². The van der Waals surface area contributed by atoms with Gasteiger partial charge in [0.15, 0.2) is 0 Å². The van der Waals surface area contributed by atoms with Gasteiger partial charge in [0.2, 0.25) is 11.7 Å². The van der Waals surface area contributed by atoms with E-state index in [1.54, 1.807) is 16.7 Å². The van der Waals surface area contributed by atoms with Crippen LogP contribution in [0.2, 0.25) is 5.02 Å². The molecule has 0 atom stereocenters. The number of para-hydroxylation sites is 1. The number of rotatable bonds is 8. The third-order valence-corrected chi connectivity index (χ3v) is 8.01. The number of carbonyl (C=O) groups excluding carboxylic acids is 1. The molecule has 0 radical (unpaired) electrons. The molecule has 0 saturated carbocycles. The standard InChI is InChI=1S/C31H31ClN6O2/c32-26-12-6-4-10-23(26)21-37-30(40)25-11-5-7-13-27(25)38-28(34-35-31(37)38)14-15-29(39)33-24-16-18-36(19-17-24)20-22-8-2-1-3-9-22/h1-13,24H,14-21H2,(H,33,39). The van der Waals surface area contributed by atoms with Crippen LogP contribution in [0, 0.1) is 0 Å². The van der Waals surface area contributed by atoms with Gasteiger partial charge in [0.25, 0.3) is 5.56 Å². The monoisotopic (exact) mass is 554 g/mol. The number of halogens is 1. The Labute approximate surface area is 237 Å². The molecule has 0 unspecified atom stereocenters. The molecule has 5 aromatic rings. The van der Waals surface area contributed by atoms with Crippen LogP contribution in [0.3, 0.4) is 0 Å². The summed E-state index contributed by atoms with van der Waals surface area (Å²) in [5.74, 6) is 1.09. The van der Waals surface area contributed by atoms with E-state index in [0.717, 1.165) is 43.6 Å². The Kier molecular flexibility index (Phi) is 7.62. The second kappa shape index (κ2) is 11.6. The fourth-order valence-electron chi connectivity index (χ4n) is 5.52. The smallest absolute Gasteiger partial charge is 0.263 e. The number of hydrogen-bond acceptors (Lipinski definition) is 5. The second-order valence-electron chi connectivity index (χ2n) is 10.4. The molecule has 40 heavy (non-hydrogen) atoms. The summed E-state index contributed by atoms with van der Waals surface area (Å²) in [5, 5.41) is 13.2. The van der Waals surface area contributed by atoms with E-state index < -0.39 is 0 Å². The largest absolute Gasteiger partial charge is 0.353 e. The molecule has 6 rings (SSSR count). The van der Waals surface area contributed by atoms with Gasteiger partial charge in [0.1, 0.15) is 5.82 Å². The van der Waals surface area contributed by atoms with Gasteiger partial charge < -0.3 is 5.32 Å². The van der Waals surface area contributed by atoms with Gasteiger partial charge in [-0.05, 0) is 42.2 Å². The number of amides is 1. The highest BCUT2D eigenvalue weighted by atomic mass is 35.5. The van der Waals surface area contributed by atoms with Crippen molar-refractivity contribution in [2.45, 2.75) is 44.8 Å². The Morgan fingerprint density at radius 2 is 1.62 bits per heavy atom. The van der Waals surface area contributed by atoms with Gasteiger partial charge in [-0.15, -0.1) is 10.2 Å². The molecule has 3 aromatic carbocycles. The Morgan fingerprint density at radius 1 is 0.900 bits per heavy atom. The third kappa shape index (κ3) is 5.50. The quantitative estimate of drug-likeness (QED) is 0.306. The van der Waals surface area contributed by atoms with Gasteiger partial charge in [-0.2, -0.15) is 0 Å². The lowest BCUT2D eigenvalue weighted by atomic mass is 10.0. The molecule has 1 fully saturated rings. The number of nitrogens with zero attached hydrogens (tertiary/aromatic N) is 5. The SMILES string of the molecule is O=C(CCc1nnc2n(Cc3ccccc3Cl)c(=O)c3ccccc3n12)NC1CCN(Cc2ccccc2)CC1. The van der Waals surface area contributed by atoms with Crippen LogP contribution >= 0.6 is 11.6 Å². The lowest BCUT2D eigenvalue weighted by Gasteiger charge is -2.32. The maximum Gasteiger partial charge on any atom is 0.263 e. The molecule has 1 N–H and O–H groups in total. The van der Waals surface area contributed by atoms with Crippen LogP contribution in [0.4, 0.5) is 0 Å². The lowest BCUT2D eigenvalue weighted by Crippen LogP contribution is -2.44. The molecule has 1 saturated heterocycles. The Morgan fingerprint density at radius 3 is 2.42 bits per heavy atom. The average Bonchev–Trinajstić information content (AvgIpc) is 3.41. The van der Waals surface area contributed by atoms with Crippen molar-refractivity contribution in [1.82, 2.24) is 29.4 Å². The van der Waals surface area contributed by atoms with Gasteiger partial charge in [-0.3, -0.25) is 23.5 Å². The summed E-state index contributed by atoms with van der Waals surface area (Å²) in [6.07, 6.45) is 2.58. The van der Waals surface area contributed by atoms with Crippen molar-refractivity contribution < 1.29 is 4.79 Å². The Hall–Kier alpha value is -4.01.